The Morgan fingerprint density at radius 1 is 0.889 bits per heavy atom. The van der Waals surface area contributed by atoms with Crippen LogP contribution in [-0.4, -0.2) is 65.3 Å². The fourth-order valence-corrected chi connectivity index (χ4v) is 3.05. The summed E-state index contributed by atoms with van der Waals surface area (Å²) in [5, 5.41) is 0. The fraction of sp³-hybridized carbons (Fsp3) is 0.667. The monoisotopic (exact) mass is 453 g/mol. The van der Waals surface area contributed by atoms with Gasteiger partial charge in [-0.05, 0) is 15.9 Å². The highest BCUT2D eigenvalue weighted by Crippen LogP contribution is 2.39. The molecule has 1 amide bonds. The van der Waals surface area contributed by atoms with Gasteiger partial charge in [0.1, 0.15) is 12.7 Å². The lowest BCUT2D eigenvalue weighted by atomic mass is 9.93. The highest BCUT2D eigenvalue weighted by molar-refractivity contribution is 9.10. The Labute approximate surface area is 162 Å². The molecule has 11 nitrogen and oxygen atoms in total. The maximum atomic E-state index is 12.0. The maximum absolute atomic E-state index is 12.0. The lowest BCUT2D eigenvalue weighted by molar-refractivity contribution is -0.254. The van der Waals surface area contributed by atoms with Gasteiger partial charge in [0.25, 0.3) is 5.91 Å². The van der Waals surface area contributed by atoms with Gasteiger partial charge >= 0.3 is 23.9 Å². The van der Waals surface area contributed by atoms with Crippen LogP contribution in [0.5, 0.6) is 0 Å². The second-order valence-corrected chi connectivity index (χ2v) is 6.82. The van der Waals surface area contributed by atoms with E-state index in [0.29, 0.717) is 0 Å². The molecule has 0 spiro atoms. The van der Waals surface area contributed by atoms with Crippen LogP contribution in [0.3, 0.4) is 0 Å². The van der Waals surface area contributed by atoms with E-state index in [4.69, 9.17) is 29.4 Å². The average molecular weight is 454 g/mol. The average Bonchev–Trinajstić information content (AvgIpc) is 2.50. The molecule has 0 aliphatic carbocycles. The molecule has 1 aliphatic rings. The van der Waals surface area contributed by atoms with Gasteiger partial charge in [0, 0.05) is 27.7 Å². The normalized spacial score (nSPS) is 30.0. The molecule has 0 aromatic heterocycles. The molecule has 1 heterocycles. The van der Waals surface area contributed by atoms with Gasteiger partial charge in [-0.15, -0.1) is 0 Å². The zero-order valence-corrected chi connectivity index (χ0v) is 16.6. The molecule has 1 rings (SSSR count). The van der Waals surface area contributed by atoms with Crippen molar-refractivity contribution in [3.8, 4) is 0 Å². The van der Waals surface area contributed by atoms with Crippen molar-refractivity contribution >= 4 is 45.7 Å². The van der Waals surface area contributed by atoms with Crippen LogP contribution in [-0.2, 0) is 47.7 Å². The summed E-state index contributed by atoms with van der Waals surface area (Å²) in [5.41, 5.74) is 5.37. The van der Waals surface area contributed by atoms with Crippen LogP contribution in [0.25, 0.3) is 0 Å². The first-order valence-electron chi connectivity index (χ1n) is 7.70. The second-order valence-electron chi connectivity index (χ2n) is 5.65. The second kappa shape index (κ2) is 9.13. The van der Waals surface area contributed by atoms with Crippen molar-refractivity contribution in [1.29, 1.82) is 0 Å². The van der Waals surface area contributed by atoms with Crippen molar-refractivity contribution in [2.45, 2.75) is 56.6 Å². The number of alkyl halides is 1. The predicted molar refractivity (Wildman–Crippen MR) is 89.0 cm³/mol. The van der Waals surface area contributed by atoms with Gasteiger partial charge < -0.3 is 29.4 Å². The summed E-state index contributed by atoms with van der Waals surface area (Å²) in [6.45, 7) is 3.86. The summed E-state index contributed by atoms with van der Waals surface area (Å²) in [7, 11) is 0. The Morgan fingerprint density at radius 3 is 1.78 bits per heavy atom. The molecule has 2 N–H and O–H groups in total. The third-order valence-corrected chi connectivity index (χ3v) is 4.39. The lowest BCUT2D eigenvalue weighted by Gasteiger charge is -2.47. The Kier molecular flexibility index (Phi) is 7.72. The van der Waals surface area contributed by atoms with Crippen molar-refractivity contribution in [2.24, 2.45) is 5.73 Å². The first-order valence-corrected chi connectivity index (χ1v) is 8.49. The zero-order chi connectivity index (χ0) is 20.9. The van der Waals surface area contributed by atoms with E-state index in [-0.39, 0.29) is 0 Å². The van der Waals surface area contributed by atoms with Crippen LogP contribution in [0.15, 0.2) is 0 Å². The highest BCUT2D eigenvalue weighted by Gasteiger charge is 2.62. The minimum absolute atomic E-state index is 0.460. The maximum Gasteiger partial charge on any atom is 0.303 e. The lowest BCUT2D eigenvalue weighted by Crippen LogP contribution is -2.69. The number of nitrogens with two attached hydrogens (primary N) is 1. The number of carbonyl (C=O) groups excluding carboxylic acids is 5. The Balaban J connectivity index is 3.43. The molecule has 12 heteroatoms. The van der Waals surface area contributed by atoms with E-state index >= 15 is 0 Å². The van der Waals surface area contributed by atoms with Crippen molar-refractivity contribution in [2.75, 3.05) is 6.61 Å². The summed E-state index contributed by atoms with van der Waals surface area (Å²) < 4.78 is 23.6. The number of esters is 4. The van der Waals surface area contributed by atoms with Gasteiger partial charge in [0.05, 0.1) is 0 Å². The van der Waals surface area contributed by atoms with E-state index in [1.165, 1.54) is 0 Å². The standard InChI is InChI=1S/C15H20BrNO10/c1-6(18)23-5-10-11(24-7(2)19)12(25-8(3)20)13(26-9(4)21)15(16,27-10)14(17)22/h10-13H,5H2,1-4H3,(H2,17,22)/t10-,11+,12+,13-,15-/m1/s1. The zero-order valence-electron chi connectivity index (χ0n) is 15.1. The summed E-state index contributed by atoms with van der Waals surface area (Å²) >= 11 is 2.98. The molecule has 0 saturated carbocycles. The largest absolute Gasteiger partial charge is 0.463 e. The smallest absolute Gasteiger partial charge is 0.303 e. The van der Waals surface area contributed by atoms with Crippen LogP contribution >= 0.6 is 15.9 Å². The summed E-state index contributed by atoms with van der Waals surface area (Å²) in [5.74, 6) is -4.23. The molecule has 0 aromatic carbocycles. The van der Waals surface area contributed by atoms with Gasteiger partial charge in [-0.1, -0.05) is 0 Å². The molecular weight excluding hydrogens is 434 g/mol. The SMILES string of the molecule is CC(=O)OC[C@H]1O[C@@](Br)(C(N)=O)[C@H](OC(C)=O)[C@@H](OC(C)=O)[C@H]1OC(C)=O. The summed E-state index contributed by atoms with van der Waals surface area (Å²) in [6, 6.07) is 0. The van der Waals surface area contributed by atoms with Crippen LogP contribution in [0, 0.1) is 0 Å². The van der Waals surface area contributed by atoms with Gasteiger partial charge in [0.15, 0.2) is 18.3 Å². The molecule has 5 atom stereocenters. The summed E-state index contributed by atoms with van der Waals surface area (Å²) in [4.78, 5) is 57.7. The van der Waals surface area contributed by atoms with E-state index in [2.05, 4.69) is 15.9 Å². The van der Waals surface area contributed by atoms with Gasteiger partial charge in [0.2, 0.25) is 4.51 Å². The van der Waals surface area contributed by atoms with E-state index in [9.17, 15) is 24.0 Å². The highest BCUT2D eigenvalue weighted by atomic mass is 79.9. The Morgan fingerprint density at radius 2 is 1.37 bits per heavy atom. The van der Waals surface area contributed by atoms with Gasteiger partial charge in [-0.25, -0.2) is 0 Å². The van der Waals surface area contributed by atoms with Crippen molar-refractivity contribution in [3.05, 3.63) is 0 Å². The number of carbonyl (C=O) groups is 5. The van der Waals surface area contributed by atoms with Crippen LogP contribution < -0.4 is 5.73 Å². The molecular formula is C15H20BrNO10. The number of hydrogen-bond acceptors (Lipinski definition) is 10. The molecule has 27 heavy (non-hydrogen) atoms. The van der Waals surface area contributed by atoms with Crippen LogP contribution in [0.4, 0.5) is 0 Å². The summed E-state index contributed by atoms with van der Waals surface area (Å²) in [6.07, 6.45) is -5.69. The predicted octanol–water partition coefficient (Wildman–Crippen LogP) is -0.680. The molecule has 1 aliphatic heterocycles. The number of amides is 1. The number of primary amides is 1. The van der Waals surface area contributed by atoms with E-state index < -0.39 is 65.3 Å². The Bertz CT molecular complexity index is 638. The molecule has 0 bridgehead atoms. The minimum Gasteiger partial charge on any atom is -0.463 e. The number of ether oxygens (including phenoxy) is 5. The fourth-order valence-electron chi connectivity index (χ4n) is 2.45. The Hall–Kier alpha value is -2.21. The van der Waals surface area contributed by atoms with Crippen LogP contribution in [0.2, 0.25) is 0 Å². The van der Waals surface area contributed by atoms with Crippen molar-refractivity contribution < 1.29 is 47.7 Å². The number of rotatable bonds is 6. The van der Waals surface area contributed by atoms with E-state index in [0.717, 1.165) is 27.7 Å². The van der Waals surface area contributed by atoms with Crippen LogP contribution in [0.1, 0.15) is 27.7 Å². The minimum atomic E-state index is -2.14. The van der Waals surface area contributed by atoms with Gasteiger partial charge in [-0.3, -0.25) is 24.0 Å². The molecule has 0 unspecified atom stereocenters. The quantitative estimate of drug-likeness (QED) is 0.310. The van der Waals surface area contributed by atoms with E-state index in [1.807, 2.05) is 0 Å². The van der Waals surface area contributed by atoms with Crippen molar-refractivity contribution in [3.63, 3.8) is 0 Å². The third kappa shape index (κ3) is 5.89. The van der Waals surface area contributed by atoms with E-state index in [1.54, 1.807) is 0 Å². The topological polar surface area (TPSA) is 158 Å². The molecule has 1 fully saturated rings. The first-order chi connectivity index (χ1) is 12.4. The molecule has 1 saturated heterocycles. The number of hydrogen-bond donors (Lipinski definition) is 1. The van der Waals surface area contributed by atoms with Gasteiger partial charge in [-0.2, -0.15) is 0 Å². The third-order valence-electron chi connectivity index (χ3n) is 3.36. The molecule has 0 aromatic rings. The van der Waals surface area contributed by atoms with Crippen molar-refractivity contribution in [1.82, 2.24) is 0 Å². The molecule has 0 radical (unpaired) electrons. The first kappa shape index (κ1) is 22.8. The number of halogens is 1. The molecule has 152 valence electrons.